The zero-order chi connectivity index (χ0) is 19.3. The van der Waals surface area contributed by atoms with Crippen LogP contribution in [0.5, 0.6) is 0 Å². The van der Waals surface area contributed by atoms with Crippen molar-refractivity contribution in [1.29, 1.82) is 0 Å². The number of benzene rings is 2. The summed E-state index contributed by atoms with van der Waals surface area (Å²) < 4.78 is 0. The molecule has 0 saturated heterocycles. The molecular weight excluding hydrogens is 350 g/mol. The van der Waals surface area contributed by atoms with Gasteiger partial charge in [-0.3, -0.25) is 0 Å². The first kappa shape index (κ1) is 19.2. The molecule has 1 fully saturated rings. The molecule has 4 heteroatoms. The zero-order valence-corrected chi connectivity index (χ0v) is 16.5. The van der Waals surface area contributed by atoms with Gasteiger partial charge in [-0.05, 0) is 47.9 Å². The van der Waals surface area contributed by atoms with Crippen molar-refractivity contribution in [3.8, 4) is 11.3 Å². The van der Waals surface area contributed by atoms with Crippen LogP contribution in [-0.2, 0) is 22.8 Å². The van der Waals surface area contributed by atoms with Gasteiger partial charge in [-0.1, -0.05) is 55.7 Å². The Morgan fingerprint density at radius 1 is 1.07 bits per heavy atom. The summed E-state index contributed by atoms with van der Waals surface area (Å²) in [6, 6.07) is 15.0. The summed E-state index contributed by atoms with van der Waals surface area (Å²) in [6.45, 7) is 0.592. The first-order valence-electron chi connectivity index (χ1n) is 10.3. The molecule has 0 aliphatic heterocycles. The fourth-order valence-electron chi connectivity index (χ4n) is 4.61. The van der Waals surface area contributed by atoms with Crippen molar-refractivity contribution < 1.29 is 14.9 Å². The Labute approximate surface area is 166 Å². The Morgan fingerprint density at radius 2 is 1.89 bits per heavy atom. The molecule has 3 aromatic rings. The van der Waals surface area contributed by atoms with Crippen LogP contribution in [0.4, 0.5) is 0 Å². The van der Waals surface area contributed by atoms with Gasteiger partial charge < -0.3 is 10.1 Å². The molecule has 2 aromatic carbocycles. The van der Waals surface area contributed by atoms with Crippen molar-refractivity contribution in [1.82, 2.24) is 4.98 Å². The number of aliphatic hydroxyl groups excluding tert-OH is 1. The van der Waals surface area contributed by atoms with E-state index in [0.29, 0.717) is 18.9 Å². The number of nitrogens with one attached hydrogen (secondary N) is 1. The SMILES string of the molecule is COOCc1ccc2c(C3CCCCC3)c(-c3ccccc3CCO)[nH]c2c1. The molecular formula is C24H29NO3. The number of aromatic nitrogens is 1. The van der Waals surface area contributed by atoms with Gasteiger partial charge in [0.15, 0.2) is 0 Å². The van der Waals surface area contributed by atoms with Crippen LogP contribution in [0, 0.1) is 0 Å². The summed E-state index contributed by atoms with van der Waals surface area (Å²) in [5.74, 6) is 0.584. The van der Waals surface area contributed by atoms with E-state index < -0.39 is 0 Å². The van der Waals surface area contributed by atoms with Crippen molar-refractivity contribution >= 4 is 10.9 Å². The minimum absolute atomic E-state index is 0.161. The predicted octanol–water partition coefficient (Wildman–Crippen LogP) is 5.50. The number of H-pyrrole nitrogens is 1. The number of fused-ring (bicyclic) bond motifs is 1. The molecule has 2 N–H and O–H groups in total. The Bertz CT molecular complexity index is 925. The van der Waals surface area contributed by atoms with Crippen molar-refractivity contribution in [2.75, 3.05) is 13.7 Å². The Hall–Kier alpha value is -2.14. The number of rotatable bonds is 7. The van der Waals surface area contributed by atoms with E-state index in [2.05, 4.69) is 47.4 Å². The summed E-state index contributed by atoms with van der Waals surface area (Å²) in [5, 5.41) is 10.8. The van der Waals surface area contributed by atoms with Gasteiger partial charge in [-0.2, -0.15) is 0 Å². The summed E-state index contributed by atoms with van der Waals surface area (Å²) in [6.07, 6.45) is 7.10. The van der Waals surface area contributed by atoms with E-state index in [-0.39, 0.29) is 6.61 Å². The van der Waals surface area contributed by atoms with Crippen LogP contribution < -0.4 is 0 Å². The third kappa shape index (κ3) is 3.86. The van der Waals surface area contributed by atoms with Gasteiger partial charge in [0.05, 0.1) is 12.8 Å². The summed E-state index contributed by atoms with van der Waals surface area (Å²) >= 11 is 0. The molecule has 1 aliphatic rings. The number of aliphatic hydroxyl groups is 1. The van der Waals surface area contributed by atoms with Gasteiger partial charge in [0.1, 0.15) is 6.61 Å². The molecule has 4 nitrogen and oxygen atoms in total. The van der Waals surface area contributed by atoms with E-state index in [0.717, 1.165) is 11.1 Å². The van der Waals surface area contributed by atoms with Gasteiger partial charge >= 0.3 is 0 Å². The topological polar surface area (TPSA) is 54.5 Å². The molecule has 148 valence electrons. The van der Waals surface area contributed by atoms with Crippen LogP contribution in [-0.4, -0.2) is 23.8 Å². The van der Waals surface area contributed by atoms with E-state index in [9.17, 15) is 5.11 Å². The van der Waals surface area contributed by atoms with Gasteiger partial charge in [-0.15, -0.1) is 0 Å². The van der Waals surface area contributed by atoms with Crippen molar-refractivity contribution in [2.45, 2.75) is 51.0 Å². The second-order valence-corrected chi connectivity index (χ2v) is 7.69. The molecule has 1 saturated carbocycles. The van der Waals surface area contributed by atoms with E-state index >= 15 is 0 Å². The van der Waals surface area contributed by atoms with Gasteiger partial charge in [0, 0.05) is 23.1 Å². The highest BCUT2D eigenvalue weighted by Crippen LogP contribution is 2.43. The maximum absolute atomic E-state index is 9.53. The molecule has 4 rings (SSSR count). The van der Waals surface area contributed by atoms with Crippen LogP contribution >= 0.6 is 0 Å². The monoisotopic (exact) mass is 379 g/mol. The van der Waals surface area contributed by atoms with Crippen molar-refractivity contribution in [3.63, 3.8) is 0 Å². The molecule has 0 spiro atoms. The summed E-state index contributed by atoms with van der Waals surface area (Å²) in [4.78, 5) is 13.6. The smallest absolute Gasteiger partial charge is 0.107 e. The minimum atomic E-state index is 0.161. The highest BCUT2D eigenvalue weighted by Gasteiger charge is 2.24. The van der Waals surface area contributed by atoms with Crippen molar-refractivity contribution in [3.05, 3.63) is 59.2 Å². The maximum atomic E-state index is 9.53. The molecule has 0 bridgehead atoms. The van der Waals surface area contributed by atoms with E-state index in [1.54, 1.807) is 0 Å². The lowest BCUT2D eigenvalue weighted by Gasteiger charge is -2.23. The average molecular weight is 380 g/mol. The number of aromatic amines is 1. The highest BCUT2D eigenvalue weighted by atomic mass is 17.2. The van der Waals surface area contributed by atoms with Gasteiger partial charge in [0.25, 0.3) is 0 Å². The number of hydrogen-bond acceptors (Lipinski definition) is 3. The second-order valence-electron chi connectivity index (χ2n) is 7.69. The van der Waals surface area contributed by atoms with Crippen LogP contribution in [0.25, 0.3) is 22.2 Å². The third-order valence-corrected chi connectivity index (χ3v) is 5.93. The van der Waals surface area contributed by atoms with E-state index in [4.69, 9.17) is 9.78 Å². The van der Waals surface area contributed by atoms with Crippen LogP contribution in [0.1, 0.15) is 54.7 Å². The fourth-order valence-corrected chi connectivity index (χ4v) is 4.61. The molecule has 0 amide bonds. The average Bonchev–Trinajstić information content (AvgIpc) is 3.12. The fraction of sp³-hybridized carbons (Fsp3) is 0.417. The zero-order valence-electron chi connectivity index (χ0n) is 16.5. The van der Waals surface area contributed by atoms with Crippen LogP contribution in [0.15, 0.2) is 42.5 Å². The van der Waals surface area contributed by atoms with Gasteiger partial charge in [-0.25, -0.2) is 9.78 Å². The first-order valence-corrected chi connectivity index (χ1v) is 10.3. The summed E-state index contributed by atoms with van der Waals surface area (Å²) in [7, 11) is 1.53. The lowest BCUT2D eigenvalue weighted by atomic mass is 9.81. The standard InChI is InChI=1S/C24H29NO3/c1-27-28-16-17-11-12-21-22(15-17)25-24(23(21)19-8-3-2-4-9-19)20-10-6-5-7-18(20)13-14-26/h5-7,10-12,15,19,25-26H,2-4,8-9,13-14,16H2,1H3. The number of hydrogen-bond donors (Lipinski definition) is 2. The predicted molar refractivity (Wildman–Crippen MR) is 112 cm³/mol. The second kappa shape index (κ2) is 8.91. The third-order valence-electron chi connectivity index (χ3n) is 5.93. The van der Waals surface area contributed by atoms with Crippen LogP contribution in [0.2, 0.25) is 0 Å². The molecule has 1 aliphatic carbocycles. The highest BCUT2D eigenvalue weighted by molar-refractivity contribution is 5.92. The normalized spacial score (nSPS) is 15.4. The Kier molecular flexibility index (Phi) is 6.10. The van der Waals surface area contributed by atoms with Gasteiger partial charge in [0.2, 0.25) is 0 Å². The molecule has 0 unspecified atom stereocenters. The molecule has 28 heavy (non-hydrogen) atoms. The Balaban J connectivity index is 1.86. The van der Waals surface area contributed by atoms with E-state index in [1.165, 1.54) is 67.0 Å². The van der Waals surface area contributed by atoms with Crippen LogP contribution in [0.3, 0.4) is 0 Å². The molecule has 1 heterocycles. The van der Waals surface area contributed by atoms with Crippen molar-refractivity contribution in [2.24, 2.45) is 0 Å². The maximum Gasteiger partial charge on any atom is 0.107 e. The minimum Gasteiger partial charge on any atom is -0.396 e. The van der Waals surface area contributed by atoms with E-state index in [1.807, 2.05) is 0 Å². The molecule has 1 aromatic heterocycles. The molecule has 0 radical (unpaired) electrons. The quantitative estimate of drug-likeness (QED) is 0.421. The molecule has 0 atom stereocenters. The lowest BCUT2D eigenvalue weighted by molar-refractivity contribution is -0.282. The lowest BCUT2D eigenvalue weighted by Crippen LogP contribution is -2.06. The Morgan fingerprint density at radius 3 is 2.68 bits per heavy atom. The largest absolute Gasteiger partial charge is 0.396 e. The first-order chi connectivity index (χ1) is 13.8. The summed E-state index contributed by atoms with van der Waals surface area (Å²) in [5.41, 5.74) is 7.29.